The summed E-state index contributed by atoms with van der Waals surface area (Å²) in [5.74, 6) is -0.881. The van der Waals surface area contributed by atoms with E-state index in [4.69, 9.17) is 0 Å². The molecule has 1 heterocycles. The molecule has 0 unspecified atom stereocenters. The molecule has 2 N–H and O–H groups in total. The van der Waals surface area contributed by atoms with E-state index in [1.165, 1.54) is 11.7 Å². The normalized spacial score (nSPS) is 12.0. The van der Waals surface area contributed by atoms with Crippen molar-refractivity contribution in [1.29, 1.82) is 0 Å². The highest BCUT2D eigenvalue weighted by molar-refractivity contribution is 7.81. The molecule has 0 atom stereocenters. The first-order chi connectivity index (χ1) is 8.64. The molecule has 102 valence electrons. The van der Waals surface area contributed by atoms with Gasteiger partial charge in [0.1, 0.15) is 4.87 Å². The average molecular weight is 282 g/mol. The molecular weight excluding hydrogens is 268 g/mol. The summed E-state index contributed by atoms with van der Waals surface area (Å²) < 4.78 is 2.34. The van der Waals surface area contributed by atoms with Gasteiger partial charge in [0.15, 0.2) is 11.5 Å². The first-order valence-corrected chi connectivity index (χ1v) is 6.00. The molecule has 2 rings (SSSR count). The second-order valence-corrected chi connectivity index (χ2v) is 5.92. The van der Waals surface area contributed by atoms with Crippen molar-refractivity contribution >= 4 is 23.4 Å². The van der Waals surface area contributed by atoms with Gasteiger partial charge >= 0.3 is 0 Å². The fraction of sp³-hybridized carbons (Fsp3) is 0.333. The molecule has 0 aliphatic heterocycles. The summed E-state index contributed by atoms with van der Waals surface area (Å²) in [6.07, 6.45) is 0. The number of nitrogens with zero attached hydrogens (tertiary/aromatic N) is 2. The van der Waals surface area contributed by atoms with Gasteiger partial charge in [0.25, 0.3) is 11.1 Å². The van der Waals surface area contributed by atoms with E-state index in [9.17, 15) is 19.8 Å². The van der Waals surface area contributed by atoms with E-state index in [0.29, 0.717) is 0 Å². The standard InChI is InChI=1S/C12H14N2O4S/c1-12(2,19)14-11(18)7-5-9(16)8(15)4-6(7)10(17)13(14)3/h4-5,15-16,19H,1-3H3. The third-order valence-corrected chi connectivity index (χ3v) is 3.07. The van der Waals surface area contributed by atoms with E-state index < -0.39 is 27.5 Å². The molecule has 0 spiro atoms. The van der Waals surface area contributed by atoms with Crippen molar-refractivity contribution in [1.82, 2.24) is 9.36 Å². The van der Waals surface area contributed by atoms with Crippen LogP contribution in [0.1, 0.15) is 13.8 Å². The monoisotopic (exact) mass is 282 g/mol. The lowest BCUT2D eigenvalue weighted by Crippen LogP contribution is -2.44. The van der Waals surface area contributed by atoms with Crippen LogP contribution in [-0.4, -0.2) is 19.6 Å². The Labute approximate surface area is 113 Å². The largest absolute Gasteiger partial charge is 0.504 e. The van der Waals surface area contributed by atoms with E-state index in [1.807, 2.05) is 0 Å². The van der Waals surface area contributed by atoms with Crippen LogP contribution in [0.3, 0.4) is 0 Å². The fourth-order valence-electron chi connectivity index (χ4n) is 2.06. The fourth-order valence-corrected chi connectivity index (χ4v) is 2.29. The molecule has 0 fully saturated rings. The molecule has 7 heteroatoms. The van der Waals surface area contributed by atoms with E-state index in [1.54, 1.807) is 13.8 Å². The Morgan fingerprint density at radius 3 is 1.89 bits per heavy atom. The van der Waals surface area contributed by atoms with Crippen LogP contribution in [0.5, 0.6) is 11.5 Å². The number of benzene rings is 1. The Kier molecular flexibility index (Phi) is 2.89. The molecule has 0 aliphatic rings. The van der Waals surface area contributed by atoms with Gasteiger partial charge in [-0.05, 0) is 26.0 Å². The number of rotatable bonds is 1. The van der Waals surface area contributed by atoms with Crippen molar-refractivity contribution in [2.24, 2.45) is 7.05 Å². The Morgan fingerprint density at radius 1 is 1.05 bits per heavy atom. The van der Waals surface area contributed by atoms with Gasteiger partial charge in [0, 0.05) is 7.05 Å². The lowest BCUT2D eigenvalue weighted by atomic mass is 10.1. The number of fused-ring (bicyclic) bond motifs is 1. The zero-order chi connectivity index (χ0) is 14.5. The van der Waals surface area contributed by atoms with Crippen molar-refractivity contribution in [2.45, 2.75) is 18.7 Å². The molecular formula is C12H14N2O4S. The van der Waals surface area contributed by atoms with Gasteiger partial charge in [-0.1, -0.05) is 0 Å². The zero-order valence-corrected chi connectivity index (χ0v) is 11.6. The van der Waals surface area contributed by atoms with Gasteiger partial charge in [-0.3, -0.25) is 9.59 Å². The van der Waals surface area contributed by atoms with E-state index >= 15 is 0 Å². The van der Waals surface area contributed by atoms with Crippen molar-refractivity contribution in [3.63, 3.8) is 0 Å². The number of phenolic OH excluding ortho intramolecular Hbond substituents is 2. The van der Waals surface area contributed by atoms with Crippen LogP contribution in [-0.2, 0) is 11.9 Å². The van der Waals surface area contributed by atoms with Gasteiger partial charge in [-0.25, -0.2) is 9.36 Å². The van der Waals surface area contributed by atoms with Crippen LogP contribution in [0.25, 0.3) is 10.8 Å². The molecule has 0 amide bonds. The number of phenols is 2. The first kappa shape index (κ1) is 13.5. The summed E-state index contributed by atoms with van der Waals surface area (Å²) in [6.45, 7) is 3.34. The Bertz CT molecular complexity index is 783. The minimum atomic E-state index is -0.882. The third-order valence-electron chi connectivity index (χ3n) is 2.88. The predicted molar refractivity (Wildman–Crippen MR) is 75.1 cm³/mol. The van der Waals surface area contributed by atoms with Crippen LogP contribution in [0, 0.1) is 0 Å². The van der Waals surface area contributed by atoms with Crippen molar-refractivity contribution in [3.8, 4) is 11.5 Å². The zero-order valence-electron chi connectivity index (χ0n) is 10.7. The highest BCUT2D eigenvalue weighted by Crippen LogP contribution is 2.27. The van der Waals surface area contributed by atoms with E-state index in [-0.39, 0.29) is 10.8 Å². The molecule has 2 aromatic rings. The van der Waals surface area contributed by atoms with Crippen molar-refractivity contribution in [2.75, 3.05) is 0 Å². The second kappa shape index (κ2) is 4.06. The lowest BCUT2D eigenvalue weighted by molar-refractivity contribution is 0.381. The maximum absolute atomic E-state index is 12.4. The maximum atomic E-state index is 12.4. The summed E-state index contributed by atoms with van der Waals surface area (Å²) in [7, 11) is 1.45. The summed E-state index contributed by atoms with van der Waals surface area (Å²) in [5, 5.41) is 19.0. The SMILES string of the molecule is Cn1c(=O)c2cc(O)c(O)cc2c(=O)n1C(C)(C)S. The van der Waals surface area contributed by atoms with Gasteiger partial charge < -0.3 is 10.2 Å². The summed E-state index contributed by atoms with van der Waals surface area (Å²) >= 11 is 4.29. The predicted octanol–water partition coefficient (Wildman–Crippen LogP) is 0.734. The molecule has 0 radical (unpaired) electrons. The molecule has 19 heavy (non-hydrogen) atoms. The van der Waals surface area contributed by atoms with Crippen LogP contribution >= 0.6 is 12.6 Å². The average Bonchev–Trinajstić information content (AvgIpc) is 2.27. The quantitative estimate of drug-likeness (QED) is 0.532. The number of hydrogen-bond donors (Lipinski definition) is 3. The number of aromatic hydroxyl groups is 2. The Balaban J connectivity index is 3.11. The molecule has 1 aromatic heterocycles. The minimum Gasteiger partial charge on any atom is -0.504 e. The molecule has 1 aromatic carbocycles. The molecule has 0 bridgehead atoms. The van der Waals surface area contributed by atoms with Crippen LogP contribution in [0.4, 0.5) is 0 Å². The second-order valence-electron chi connectivity index (χ2n) is 4.83. The summed E-state index contributed by atoms with van der Waals surface area (Å²) in [5.41, 5.74) is -0.917. The summed E-state index contributed by atoms with van der Waals surface area (Å²) in [4.78, 5) is 23.7. The van der Waals surface area contributed by atoms with Crippen LogP contribution < -0.4 is 11.1 Å². The van der Waals surface area contributed by atoms with Crippen LogP contribution in [0.15, 0.2) is 21.7 Å². The third kappa shape index (κ3) is 1.99. The van der Waals surface area contributed by atoms with Gasteiger partial charge in [-0.15, -0.1) is 12.6 Å². The van der Waals surface area contributed by atoms with Gasteiger partial charge in [0.05, 0.1) is 10.8 Å². The molecule has 6 nitrogen and oxygen atoms in total. The maximum Gasteiger partial charge on any atom is 0.274 e. The number of hydrogen-bond acceptors (Lipinski definition) is 5. The van der Waals surface area contributed by atoms with Gasteiger partial charge in [-0.2, -0.15) is 0 Å². The summed E-state index contributed by atoms with van der Waals surface area (Å²) in [6, 6.07) is 2.18. The highest BCUT2D eigenvalue weighted by Gasteiger charge is 2.22. The Morgan fingerprint density at radius 2 is 1.47 bits per heavy atom. The van der Waals surface area contributed by atoms with E-state index in [2.05, 4.69) is 12.6 Å². The van der Waals surface area contributed by atoms with Crippen LogP contribution in [0.2, 0.25) is 0 Å². The van der Waals surface area contributed by atoms with Crippen molar-refractivity contribution < 1.29 is 10.2 Å². The van der Waals surface area contributed by atoms with Crippen molar-refractivity contribution in [3.05, 3.63) is 32.8 Å². The Hall–Kier alpha value is -1.89. The molecule has 0 saturated heterocycles. The topological polar surface area (TPSA) is 84.5 Å². The highest BCUT2D eigenvalue weighted by atomic mass is 32.1. The molecule has 0 saturated carbocycles. The van der Waals surface area contributed by atoms with Gasteiger partial charge in [0.2, 0.25) is 0 Å². The number of aromatic nitrogens is 2. The lowest BCUT2D eigenvalue weighted by Gasteiger charge is -2.24. The molecule has 0 aliphatic carbocycles. The smallest absolute Gasteiger partial charge is 0.274 e. The minimum absolute atomic E-state index is 0.0422. The first-order valence-electron chi connectivity index (χ1n) is 5.55. The number of thiol groups is 1. The van der Waals surface area contributed by atoms with E-state index in [0.717, 1.165) is 16.8 Å².